The molecule has 1 amide bonds. The monoisotopic (exact) mass is 407 g/mol. The van der Waals surface area contributed by atoms with Crippen molar-refractivity contribution in [2.24, 2.45) is 0 Å². The van der Waals surface area contributed by atoms with E-state index in [1.165, 1.54) is 18.7 Å². The van der Waals surface area contributed by atoms with Crippen LogP contribution in [0.3, 0.4) is 0 Å². The van der Waals surface area contributed by atoms with Crippen LogP contribution in [-0.4, -0.2) is 36.7 Å². The molecule has 0 saturated carbocycles. The first kappa shape index (κ1) is 20.5. The highest BCUT2D eigenvalue weighted by molar-refractivity contribution is 8.00. The maximum Gasteiger partial charge on any atom is 0.237 e. The van der Waals surface area contributed by atoms with Crippen molar-refractivity contribution in [3.63, 3.8) is 0 Å². The van der Waals surface area contributed by atoms with E-state index < -0.39 is 5.25 Å². The van der Waals surface area contributed by atoms with Crippen LogP contribution in [0.15, 0.2) is 66.6 Å². The third-order valence-electron chi connectivity index (χ3n) is 4.18. The average Bonchev–Trinajstić information content (AvgIpc) is 3.11. The van der Waals surface area contributed by atoms with Gasteiger partial charge in [-0.2, -0.15) is 0 Å². The molecule has 0 aliphatic rings. The lowest BCUT2D eigenvalue weighted by Crippen LogP contribution is -2.23. The Kier molecular flexibility index (Phi) is 6.56. The predicted molar refractivity (Wildman–Crippen MR) is 114 cm³/mol. The Morgan fingerprint density at radius 2 is 1.86 bits per heavy atom. The molecule has 2 aromatic heterocycles. The third kappa shape index (κ3) is 4.97. The number of allylic oxidation sites excluding steroid dienone is 1. The lowest BCUT2D eigenvalue weighted by molar-refractivity contribution is -0.115. The van der Waals surface area contributed by atoms with Gasteiger partial charge in [-0.05, 0) is 50.2 Å². The molecule has 148 valence electrons. The molecule has 1 atom stereocenters. The molecular formula is C21H21N5O2S. The summed E-state index contributed by atoms with van der Waals surface area (Å²) < 4.78 is 1.92. The Balaban J connectivity index is 1.73. The lowest BCUT2D eigenvalue weighted by atomic mass is 10.1. The second kappa shape index (κ2) is 9.29. The maximum absolute atomic E-state index is 12.6. The number of hydrogen-bond acceptors (Lipinski definition) is 6. The molecule has 0 saturated heterocycles. The minimum Gasteiger partial charge on any atom is -0.325 e. The molecule has 0 aliphatic carbocycles. The van der Waals surface area contributed by atoms with Crippen molar-refractivity contribution >= 4 is 29.1 Å². The standard InChI is InChI=1S/C21H21N5O2S/c1-4-13-26-19(17-9-11-22-12-10-17)24-25-21(26)29-15(3)20(28)23-18-7-5-16(6-8-18)14(2)27/h4-12,15H,1,13H2,2-3H3,(H,23,28). The number of ketones is 1. The fourth-order valence-electron chi connectivity index (χ4n) is 2.63. The number of nitrogens with zero attached hydrogens (tertiary/aromatic N) is 4. The molecule has 0 fully saturated rings. The SMILES string of the molecule is C=CCn1c(SC(C)C(=O)Nc2ccc(C(C)=O)cc2)nnc1-c1ccncc1. The Hall–Kier alpha value is -3.26. The van der Waals surface area contributed by atoms with Crippen LogP contribution in [0.4, 0.5) is 5.69 Å². The molecule has 0 spiro atoms. The zero-order chi connectivity index (χ0) is 20.8. The number of carbonyl (C=O) groups is 2. The maximum atomic E-state index is 12.6. The molecule has 3 aromatic rings. The molecule has 3 rings (SSSR count). The number of thioether (sulfide) groups is 1. The van der Waals surface area contributed by atoms with Gasteiger partial charge in [-0.1, -0.05) is 17.8 Å². The number of anilines is 1. The first-order valence-corrected chi connectivity index (χ1v) is 9.90. The molecule has 1 unspecified atom stereocenters. The number of benzene rings is 1. The van der Waals surface area contributed by atoms with Gasteiger partial charge >= 0.3 is 0 Å². The van der Waals surface area contributed by atoms with Gasteiger partial charge in [-0.3, -0.25) is 19.1 Å². The number of pyridine rings is 1. The topological polar surface area (TPSA) is 89.8 Å². The highest BCUT2D eigenvalue weighted by Gasteiger charge is 2.20. The summed E-state index contributed by atoms with van der Waals surface area (Å²) >= 11 is 1.32. The van der Waals surface area contributed by atoms with Gasteiger partial charge in [0.05, 0.1) is 5.25 Å². The minimum absolute atomic E-state index is 0.0154. The molecule has 0 aliphatic heterocycles. The summed E-state index contributed by atoms with van der Waals surface area (Å²) in [6.07, 6.45) is 5.16. The van der Waals surface area contributed by atoms with Gasteiger partial charge in [0.15, 0.2) is 16.8 Å². The van der Waals surface area contributed by atoms with Gasteiger partial charge in [0.1, 0.15) is 0 Å². The second-order valence-corrected chi connectivity index (χ2v) is 7.63. The van der Waals surface area contributed by atoms with Gasteiger partial charge < -0.3 is 5.32 Å². The number of rotatable bonds is 8. The van der Waals surface area contributed by atoms with Gasteiger partial charge in [-0.15, -0.1) is 16.8 Å². The zero-order valence-electron chi connectivity index (χ0n) is 16.2. The first-order chi connectivity index (χ1) is 14.0. The van der Waals surface area contributed by atoms with Gasteiger partial charge in [0, 0.05) is 35.8 Å². The smallest absolute Gasteiger partial charge is 0.237 e. The van der Waals surface area contributed by atoms with E-state index in [2.05, 4.69) is 27.1 Å². The number of Topliss-reactive ketones (excluding diaryl/α,β-unsaturated/α-hetero) is 1. The number of aromatic nitrogens is 4. The third-order valence-corrected chi connectivity index (χ3v) is 5.26. The molecule has 7 nitrogen and oxygen atoms in total. The van der Waals surface area contributed by atoms with E-state index >= 15 is 0 Å². The minimum atomic E-state index is -0.402. The highest BCUT2D eigenvalue weighted by atomic mass is 32.2. The number of carbonyl (C=O) groups excluding carboxylic acids is 2. The number of nitrogens with one attached hydrogen (secondary N) is 1. The quantitative estimate of drug-likeness (QED) is 0.347. The summed E-state index contributed by atoms with van der Waals surface area (Å²) in [5, 5.41) is 11.6. The van der Waals surface area contributed by atoms with E-state index in [9.17, 15) is 9.59 Å². The molecule has 8 heteroatoms. The van der Waals surface area contributed by atoms with Crippen molar-refractivity contribution < 1.29 is 9.59 Å². The van der Waals surface area contributed by atoms with Crippen molar-refractivity contribution in [3.05, 3.63) is 67.0 Å². The molecule has 29 heavy (non-hydrogen) atoms. The van der Waals surface area contributed by atoms with Crippen molar-refractivity contribution in [1.29, 1.82) is 0 Å². The van der Waals surface area contributed by atoms with Crippen LogP contribution in [0.25, 0.3) is 11.4 Å². The fraction of sp³-hybridized carbons (Fsp3) is 0.190. The summed E-state index contributed by atoms with van der Waals surface area (Å²) in [5.74, 6) is 0.518. The Bertz CT molecular complexity index is 1020. The van der Waals surface area contributed by atoms with E-state index in [0.717, 1.165) is 5.56 Å². The van der Waals surface area contributed by atoms with E-state index in [1.54, 1.807) is 42.7 Å². The van der Waals surface area contributed by atoms with E-state index in [1.807, 2.05) is 23.6 Å². The van der Waals surface area contributed by atoms with E-state index in [-0.39, 0.29) is 11.7 Å². The molecule has 1 N–H and O–H groups in total. The van der Waals surface area contributed by atoms with Crippen molar-refractivity contribution in [2.45, 2.75) is 30.8 Å². The van der Waals surface area contributed by atoms with Crippen molar-refractivity contribution in [3.8, 4) is 11.4 Å². The van der Waals surface area contributed by atoms with Crippen LogP contribution in [0.1, 0.15) is 24.2 Å². The first-order valence-electron chi connectivity index (χ1n) is 9.02. The van der Waals surface area contributed by atoms with Crippen molar-refractivity contribution in [1.82, 2.24) is 19.7 Å². The second-order valence-electron chi connectivity index (χ2n) is 6.32. The largest absolute Gasteiger partial charge is 0.325 e. The van der Waals surface area contributed by atoms with Gasteiger partial charge in [0.2, 0.25) is 5.91 Å². The van der Waals surface area contributed by atoms with Crippen LogP contribution >= 0.6 is 11.8 Å². The Labute approximate surface area is 173 Å². The van der Waals surface area contributed by atoms with Crippen LogP contribution < -0.4 is 5.32 Å². The lowest BCUT2D eigenvalue weighted by Gasteiger charge is -2.13. The molecule has 2 heterocycles. The number of hydrogen-bond donors (Lipinski definition) is 1. The van der Waals surface area contributed by atoms with Crippen LogP contribution in [0.2, 0.25) is 0 Å². The van der Waals surface area contributed by atoms with E-state index in [0.29, 0.717) is 28.8 Å². The summed E-state index contributed by atoms with van der Waals surface area (Å²) in [7, 11) is 0. The Morgan fingerprint density at radius 1 is 1.17 bits per heavy atom. The summed E-state index contributed by atoms with van der Waals surface area (Å²) in [5.41, 5.74) is 2.13. The zero-order valence-corrected chi connectivity index (χ0v) is 17.0. The Morgan fingerprint density at radius 3 is 2.48 bits per heavy atom. The summed E-state index contributed by atoms with van der Waals surface area (Å²) in [6.45, 7) is 7.64. The number of amides is 1. The predicted octanol–water partition coefficient (Wildman–Crippen LogP) is 3.85. The van der Waals surface area contributed by atoms with E-state index in [4.69, 9.17) is 0 Å². The molecule has 1 aromatic carbocycles. The summed E-state index contributed by atoms with van der Waals surface area (Å²) in [6, 6.07) is 10.5. The van der Waals surface area contributed by atoms with Crippen LogP contribution in [0, 0.1) is 0 Å². The van der Waals surface area contributed by atoms with Crippen LogP contribution in [-0.2, 0) is 11.3 Å². The van der Waals surface area contributed by atoms with Gasteiger partial charge in [-0.25, -0.2) is 0 Å². The summed E-state index contributed by atoms with van der Waals surface area (Å²) in [4.78, 5) is 28.0. The molecule has 0 bridgehead atoms. The highest BCUT2D eigenvalue weighted by Crippen LogP contribution is 2.27. The normalized spacial score (nSPS) is 11.7. The van der Waals surface area contributed by atoms with Crippen molar-refractivity contribution in [2.75, 3.05) is 5.32 Å². The van der Waals surface area contributed by atoms with Gasteiger partial charge in [0.25, 0.3) is 0 Å². The fourth-order valence-corrected chi connectivity index (χ4v) is 3.49. The molecular weight excluding hydrogens is 386 g/mol. The molecule has 0 radical (unpaired) electrons. The average molecular weight is 407 g/mol. The van der Waals surface area contributed by atoms with Crippen LogP contribution in [0.5, 0.6) is 0 Å².